The first-order valence-electron chi connectivity index (χ1n) is 5.30. The molecule has 16 heavy (non-hydrogen) atoms. The van der Waals surface area contributed by atoms with Crippen LogP contribution in [0.2, 0.25) is 0 Å². The van der Waals surface area contributed by atoms with Gasteiger partial charge in [0.2, 0.25) is 11.8 Å². The highest BCUT2D eigenvalue weighted by atomic mass is 32.1. The minimum Gasteiger partial charge on any atom is -0.301 e. The van der Waals surface area contributed by atoms with Gasteiger partial charge >= 0.3 is 0 Å². The molecule has 4 nitrogen and oxygen atoms in total. The molecule has 2 rings (SSSR count). The maximum Gasteiger partial charge on any atom is 0.227 e. The van der Waals surface area contributed by atoms with Crippen molar-refractivity contribution in [2.45, 2.75) is 25.7 Å². The Morgan fingerprint density at radius 1 is 0.875 bits per heavy atom. The molecule has 0 atom stereocenters. The third-order valence-corrected chi connectivity index (χ3v) is 3.78. The lowest BCUT2D eigenvalue weighted by molar-refractivity contribution is -0.125. The Morgan fingerprint density at radius 3 is 1.50 bits per heavy atom. The molecule has 0 radical (unpaired) electrons. The molecule has 0 aromatic rings. The lowest BCUT2D eigenvalue weighted by Gasteiger charge is -2.22. The van der Waals surface area contributed by atoms with Gasteiger partial charge in [-0.3, -0.25) is 9.59 Å². The number of rotatable bonds is 0. The Balaban J connectivity index is 2.07. The summed E-state index contributed by atoms with van der Waals surface area (Å²) in [4.78, 5) is 26.7. The molecule has 0 N–H and O–H groups in total. The van der Waals surface area contributed by atoms with Crippen molar-refractivity contribution in [1.29, 1.82) is 0 Å². The van der Waals surface area contributed by atoms with Crippen molar-refractivity contribution in [2.75, 3.05) is 13.1 Å². The number of likely N-dealkylation sites (tertiary alicyclic amines) is 2. The van der Waals surface area contributed by atoms with E-state index in [0.29, 0.717) is 35.9 Å². The first-order chi connectivity index (χ1) is 7.61. The fraction of sp³-hybridized carbons (Fsp3) is 0.600. The van der Waals surface area contributed by atoms with Crippen LogP contribution in [0.25, 0.3) is 0 Å². The maximum atomic E-state index is 11.5. The van der Waals surface area contributed by atoms with Crippen molar-refractivity contribution in [3.05, 3.63) is 0 Å². The molecule has 0 aromatic heterocycles. The van der Waals surface area contributed by atoms with Crippen molar-refractivity contribution in [3.8, 4) is 0 Å². The van der Waals surface area contributed by atoms with Crippen molar-refractivity contribution in [2.24, 2.45) is 0 Å². The average Bonchev–Trinajstić information content (AvgIpc) is 2.85. The summed E-state index contributed by atoms with van der Waals surface area (Å²) in [7, 11) is 0. The molecule has 0 unspecified atom stereocenters. The standard InChI is InChI=1S/C10H12N2O2S2/c13-7-3-1-5-11(7)9(15)10(16)12-6-2-4-8(12)14/h1-6H2. The topological polar surface area (TPSA) is 40.6 Å². The molecule has 2 heterocycles. The first kappa shape index (κ1) is 11.6. The van der Waals surface area contributed by atoms with E-state index < -0.39 is 0 Å². The van der Waals surface area contributed by atoms with E-state index in [9.17, 15) is 9.59 Å². The molecule has 86 valence electrons. The lowest BCUT2D eigenvalue weighted by Crippen LogP contribution is -2.44. The molecule has 0 bridgehead atoms. The highest BCUT2D eigenvalue weighted by Crippen LogP contribution is 2.16. The summed E-state index contributed by atoms with van der Waals surface area (Å²) in [6, 6.07) is 0. The van der Waals surface area contributed by atoms with Gasteiger partial charge in [0.25, 0.3) is 0 Å². The van der Waals surface area contributed by atoms with Crippen LogP contribution in [0.1, 0.15) is 25.7 Å². The van der Waals surface area contributed by atoms with Crippen LogP contribution in [-0.2, 0) is 9.59 Å². The Bertz CT molecular complexity index is 345. The predicted octanol–water partition coefficient (Wildman–Crippen LogP) is 0.886. The third-order valence-electron chi connectivity index (χ3n) is 2.82. The van der Waals surface area contributed by atoms with Crippen LogP contribution in [0.5, 0.6) is 0 Å². The molecular formula is C10H12N2O2S2. The van der Waals surface area contributed by atoms with Crippen LogP contribution in [0.3, 0.4) is 0 Å². The quantitative estimate of drug-likeness (QED) is 0.603. The molecular weight excluding hydrogens is 244 g/mol. The van der Waals surface area contributed by atoms with Crippen LogP contribution in [0.15, 0.2) is 0 Å². The minimum atomic E-state index is 0.0130. The van der Waals surface area contributed by atoms with Crippen LogP contribution >= 0.6 is 24.4 Å². The largest absolute Gasteiger partial charge is 0.301 e. The second-order valence-electron chi connectivity index (χ2n) is 3.91. The van der Waals surface area contributed by atoms with Gasteiger partial charge in [-0.1, -0.05) is 24.4 Å². The highest BCUT2D eigenvalue weighted by molar-refractivity contribution is 7.89. The Kier molecular flexibility index (Phi) is 3.30. The Hall–Kier alpha value is -0.880. The smallest absolute Gasteiger partial charge is 0.227 e. The number of carbonyl (C=O) groups is 2. The monoisotopic (exact) mass is 256 g/mol. The van der Waals surface area contributed by atoms with E-state index in [1.165, 1.54) is 9.80 Å². The number of hydrogen-bond donors (Lipinski definition) is 0. The van der Waals surface area contributed by atoms with E-state index in [2.05, 4.69) is 0 Å². The lowest BCUT2D eigenvalue weighted by atomic mass is 10.4. The number of nitrogens with zero attached hydrogens (tertiary/aromatic N) is 2. The molecule has 2 aliphatic heterocycles. The molecule has 2 amide bonds. The van der Waals surface area contributed by atoms with Crippen molar-refractivity contribution in [3.63, 3.8) is 0 Å². The Morgan fingerprint density at radius 2 is 1.25 bits per heavy atom. The van der Waals surface area contributed by atoms with Crippen LogP contribution in [-0.4, -0.2) is 44.7 Å². The van der Waals surface area contributed by atoms with E-state index in [4.69, 9.17) is 24.4 Å². The second-order valence-corrected chi connectivity index (χ2v) is 4.68. The SMILES string of the molecule is O=C1CCCN1C(=S)C(=S)N1CCCC1=O. The number of hydrogen-bond acceptors (Lipinski definition) is 4. The summed E-state index contributed by atoms with van der Waals surface area (Å²) < 4.78 is 0. The molecule has 6 heteroatoms. The Labute approximate surface area is 105 Å². The van der Waals surface area contributed by atoms with Gasteiger partial charge in [-0.15, -0.1) is 0 Å². The van der Waals surface area contributed by atoms with Gasteiger partial charge < -0.3 is 9.80 Å². The molecule has 2 saturated heterocycles. The van der Waals surface area contributed by atoms with E-state index in [-0.39, 0.29) is 11.8 Å². The average molecular weight is 256 g/mol. The number of amides is 2. The predicted molar refractivity (Wildman–Crippen MR) is 67.1 cm³/mol. The summed E-state index contributed by atoms with van der Waals surface area (Å²) in [6.45, 7) is 1.25. The fourth-order valence-corrected chi connectivity index (χ4v) is 2.56. The minimum absolute atomic E-state index is 0.0130. The van der Waals surface area contributed by atoms with E-state index in [1.54, 1.807) is 0 Å². The van der Waals surface area contributed by atoms with Crippen LogP contribution < -0.4 is 0 Å². The number of thiocarbonyl (C=S) groups is 2. The van der Waals surface area contributed by atoms with Gasteiger partial charge in [-0.25, -0.2) is 0 Å². The second kappa shape index (κ2) is 4.55. The van der Waals surface area contributed by atoms with Crippen molar-refractivity contribution in [1.82, 2.24) is 9.80 Å². The van der Waals surface area contributed by atoms with Gasteiger partial charge in [-0.2, -0.15) is 0 Å². The highest BCUT2D eigenvalue weighted by Gasteiger charge is 2.31. The zero-order valence-electron chi connectivity index (χ0n) is 8.77. The molecule has 0 aliphatic carbocycles. The van der Waals surface area contributed by atoms with Gasteiger partial charge in [0.05, 0.1) is 0 Å². The molecule has 0 spiro atoms. The summed E-state index contributed by atoms with van der Waals surface area (Å²) in [5.41, 5.74) is 0. The summed E-state index contributed by atoms with van der Waals surface area (Å²) in [5.74, 6) is 0.0259. The van der Waals surface area contributed by atoms with Gasteiger partial charge in [0, 0.05) is 25.9 Å². The van der Waals surface area contributed by atoms with Crippen LogP contribution in [0, 0.1) is 0 Å². The third kappa shape index (κ3) is 1.99. The zero-order chi connectivity index (χ0) is 11.7. The van der Waals surface area contributed by atoms with Crippen molar-refractivity contribution >= 4 is 46.2 Å². The van der Waals surface area contributed by atoms with E-state index in [0.717, 1.165) is 12.8 Å². The molecule has 2 aliphatic rings. The molecule has 0 saturated carbocycles. The fourth-order valence-electron chi connectivity index (χ4n) is 1.96. The maximum absolute atomic E-state index is 11.5. The first-order valence-corrected chi connectivity index (χ1v) is 6.12. The number of carbonyl (C=O) groups excluding carboxylic acids is 2. The van der Waals surface area contributed by atoms with Crippen molar-refractivity contribution < 1.29 is 9.59 Å². The zero-order valence-corrected chi connectivity index (χ0v) is 10.4. The van der Waals surface area contributed by atoms with E-state index >= 15 is 0 Å². The molecule has 0 aromatic carbocycles. The summed E-state index contributed by atoms with van der Waals surface area (Å²) in [6.07, 6.45) is 2.68. The normalized spacial score (nSPS) is 20.8. The van der Waals surface area contributed by atoms with E-state index in [1.807, 2.05) is 0 Å². The summed E-state index contributed by atoms with van der Waals surface area (Å²) in [5, 5.41) is 0. The van der Waals surface area contributed by atoms with Gasteiger partial charge in [-0.05, 0) is 12.8 Å². The van der Waals surface area contributed by atoms with Gasteiger partial charge in [0.1, 0.15) is 9.98 Å². The molecule has 2 fully saturated rings. The van der Waals surface area contributed by atoms with Crippen LogP contribution in [0.4, 0.5) is 0 Å². The summed E-state index contributed by atoms with van der Waals surface area (Å²) >= 11 is 10.3. The van der Waals surface area contributed by atoms with Gasteiger partial charge in [0.15, 0.2) is 0 Å².